The van der Waals surface area contributed by atoms with Crippen molar-refractivity contribution in [3.8, 4) is 5.75 Å². The summed E-state index contributed by atoms with van der Waals surface area (Å²) in [5, 5.41) is 5.69. The quantitative estimate of drug-likeness (QED) is 0.861. The Hall–Kier alpha value is -1.32. The Bertz CT molecular complexity index is 507. The lowest BCUT2D eigenvalue weighted by molar-refractivity contribution is 0.410. The molecule has 0 spiro atoms. The molecule has 3 heteroatoms. The van der Waals surface area contributed by atoms with Crippen molar-refractivity contribution in [1.82, 2.24) is 5.32 Å². The molecule has 0 aliphatic carbocycles. The Morgan fingerprint density at radius 1 is 1.32 bits per heavy atom. The van der Waals surface area contributed by atoms with E-state index in [1.807, 2.05) is 11.3 Å². The van der Waals surface area contributed by atoms with E-state index in [2.05, 4.69) is 54.9 Å². The maximum absolute atomic E-state index is 5.42. The van der Waals surface area contributed by atoms with Crippen LogP contribution in [0.4, 0.5) is 0 Å². The standard InChI is InChI=1S/C16H21NOS/c1-4-17-15(11-14-6-5-9-19-14)13-8-7-12(2)16(10-13)18-3/h5-10,15,17H,4,11H2,1-3H3. The third kappa shape index (κ3) is 3.58. The molecule has 2 aromatic rings. The SMILES string of the molecule is CCNC(Cc1cccs1)c1ccc(C)c(OC)c1. The Labute approximate surface area is 119 Å². The average molecular weight is 275 g/mol. The van der Waals surface area contributed by atoms with Crippen molar-refractivity contribution in [3.05, 3.63) is 51.7 Å². The van der Waals surface area contributed by atoms with Crippen molar-refractivity contribution in [2.75, 3.05) is 13.7 Å². The molecule has 0 amide bonds. The van der Waals surface area contributed by atoms with Crippen LogP contribution in [-0.2, 0) is 6.42 Å². The first-order chi connectivity index (χ1) is 9.24. The van der Waals surface area contributed by atoms with E-state index in [0.717, 1.165) is 18.7 Å². The second-order valence-electron chi connectivity index (χ2n) is 4.62. The Kier molecular flexibility index (Phi) is 5.00. The summed E-state index contributed by atoms with van der Waals surface area (Å²) < 4.78 is 5.42. The van der Waals surface area contributed by atoms with Gasteiger partial charge in [0.1, 0.15) is 5.75 Å². The van der Waals surface area contributed by atoms with Crippen molar-refractivity contribution in [2.45, 2.75) is 26.3 Å². The van der Waals surface area contributed by atoms with Gasteiger partial charge in [0.2, 0.25) is 0 Å². The third-order valence-electron chi connectivity index (χ3n) is 3.27. The highest BCUT2D eigenvalue weighted by molar-refractivity contribution is 7.09. The van der Waals surface area contributed by atoms with Gasteiger partial charge in [0.25, 0.3) is 0 Å². The molecule has 0 aliphatic rings. The second kappa shape index (κ2) is 6.73. The van der Waals surface area contributed by atoms with Gasteiger partial charge < -0.3 is 10.1 Å². The predicted molar refractivity (Wildman–Crippen MR) is 82.2 cm³/mol. The number of rotatable bonds is 6. The Balaban J connectivity index is 2.22. The summed E-state index contributed by atoms with van der Waals surface area (Å²) in [5.74, 6) is 0.964. The molecular weight excluding hydrogens is 254 g/mol. The van der Waals surface area contributed by atoms with E-state index in [1.165, 1.54) is 16.0 Å². The zero-order valence-corrected chi connectivity index (χ0v) is 12.6. The molecule has 1 unspecified atom stereocenters. The van der Waals surface area contributed by atoms with Crippen molar-refractivity contribution < 1.29 is 4.74 Å². The van der Waals surface area contributed by atoms with Crippen molar-refractivity contribution in [1.29, 1.82) is 0 Å². The van der Waals surface area contributed by atoms with Gasteiger partial charge in [-0.1, -0.05) is 25.1 Å². The van der Waals surface area contributed by atoms with Crippen LogP contribution in [-0.4, -0.2) is 13.7 Å². The molecule has 1 aromatic carbocycles. The molecule has 0 radical (unpaired) electrons. The van der Waals surface area contributed by atoms with Crippen molar-refractivity contribution >= 4 is 11.3 Å². The molecule has 1 heterocycles. The van der Waals surface area contributed by atoms with E-state index in [-0.39, 0.29) is 0 Å². The number of hydrogen-bond donors (Lipinski definition) is 1. The number of thiophene rings is 1. The number of nitrogens with one attached hydrogen (secondary N) is 1. The summed E-state index contributed by atoms with van der Waals surface area (Å²) in [6.45, 7) is 5.18. The van der Waals surface area contributed by atoms with Gasteiger partial charge in [-0.25, -0.2) is 0 Å². The molecule has 1 N–H and O–H groups in total. The Morgan fingerprint density at radius 3 is 2.79 bits per heavy atom. The minimum atomic E-state index is 0.346. The molecule has 0 saturated carbocycles. The van der Waals surface area contributed by atoms with Crippen LogP contribution in [0.25, 0.3) is 0 Å². The minimum Gasteiger partial charge on any atom is -0.496 e. The summed E-state index contributed by atoms with van der Waals surface area (Å²) in [4.78, 5) is 1.41. The van der Waals surface area contributed by atoms with Crippen molar-refractivity contribution in [2.24, 2.45) is 0 Å². The summed E-state index contributed by atoms with van der Waals surface area (Å²) in [7, 11) is 1.73. The van der Waals surface area contributed by atoms with E-state index in [4.69, 9.17) is 4.74 Å². The highest BCUT2D eigenvalue weighted by Gasteiger charge is 2.13. The van der Waals surface area contributed by atoms with E-state index in [1.54, 1.807) is 7.11 Å². The van der Waals surface area contributed by atoms with Crippen molar-refractivity contribution in [3.63, 3.8) is 0 Å². The number of benzene rings is 1. The van der Waals surface area contributed by atoms with Crippen LogP contribution in [0.5, 0.6) is 5.75 Å². The molecule has 1 atom stereocenters. The fourth-order valence-corrected chi connectivity index (χ4v) is 2.99. The Morgan fingerprint density at radius 2 is 2.16 bits per heavy atom. The number of methoxy groups -OCH3 is 1. The van der Waals surface area contributed by atoms with Crippen LogP contribution in [0.2, 0.25) is 0 Å². The monoisotopic (exact) mass is 275 g/mol. The van der Waals surface area contributed by atoms with E-state index >= 15 is 0 Å². The molecule has 102 valence electrons. The predicted octanol–water partition coefficient (Wildman–Crippen LogP) is 3.96. The molecule has 2 nitrogen and oxygen atoms in total. The van der Waals surface area contributed by atoms with E-state index < -0.39 is 0 Å². The van der Waals surface area contributed by atoms with Crippen LogP contribution >= 0.6 is 11.3 Å². The topological polar surface area (TPSA) is 21.3 Å². The van der Waals surface area contributed by atoms with Gasteiger partial charge in [0.05, 0.1) is 7.11 Å². The molecule has 2 rings (SSSR count). The van der Waals surface area contributed by atoms with Gasteiger partial charge in [-0.2, -0.15) is 0 Å². The van der Waals surface area contributed by atoms with Gasteiger partial charge in [0, 0.05) is 17.3 Å². The fourth-order valence-electron chi connectivity index (χ4n) is 2.24. The van der Waals surface area contributed by atoms with E-state index in [9.17, 15) is 0 Å². The molecule has 0 saturated heterocycles. The summed E-state index contributed by atoms with van der Waals surface area (Å²) in [6, 6.07) is 11.1. The molecule has 19 heavy (non-hydrogen) atoms. The van der Waals surface area contributed by atoms with Crippen LogP contribution in [0.3, 0.4) is 0 Å². The van der Waals surface area contributed by atoms with Gasteiger partial charge in [0.15, 0.2) is 0 Å². The zero-order valence-electron chi connectivity index (χ0n) is 11.8. The number of hydrogen-bond acceptors (Lipinski definition) is 3. The minimum absolute atomic E-state index is 0.346. The zero-order chi connectivity index (χ0) is 13.7. The van der Waals surface area contributed by atoms with Crippen LogP contribution in [0.15, 0.2) is 35.7 Å². The van der Waals surface area contributed by atoms with Gasteiger partial charge >= 0.3 is 0 Å². The lowest BCUT2D eigenvalue weighted by atomic mass is 10.0. The number of likely N-dealkylation sites (N-methyl/N-ethyl adjacent to an activating group) is 1. The third-order valence-corrected chi connectivity index (χ3v) is 4.17. The second-order valence-corrected chi connectivity index (χ2v) is 5.66. The first kappa shape index (κ1) is 14.1. The number of ether oxygens (including phenoxy) is 1. The highest BCUT2D eigenvalue weighted by Crippen LogP contribution is 2.26. The molecule has 0 aliphatic heterocycles. The number of aryl methyl sites for hydroxylation is 1. The first-order valence-corrected chi connectivity index (χ1v) is 7.53. The fraction of sp³-hybridized carbons (Fsp3) is 0.375. The van der Waals surface area contributed by atoms with E-state index in [0.29, 0.717) is 6.04 Å². The first-order valence-electron chi connectivity index (χ1n) is 6.65. The summed E-state index contributed by atoms with van der Waals surface area (Å²) in [6.07, 6.45) is 1.03. The molecule has 0 fully saturated rings. The molecule has 1 aromatic heterocycles. The maximum Gasteiger partial charge on any atom is 0.122 e. The molecule has 0 bridgehead atoms. The summed E-state index contributed by atoms with van der Waals surface area (Å²) >= 11 is 1.81. The largest absolute Gasteiger partial charge is 0.496 e. The van der Waals surface area contributed by atoms with Gasteiger partial charge in [-0.15, -0.1) is 11.3 Å². The smallest absolute Gasteiger partial charge is 0.122 e. The van der Waals surface area contributed by atoms with Crippen LogP contribution in [0, 0.1) is 6.92 Å². The van der Waals surface area contributed by atoms with Gasteiger partial charge in [-0.3, -0.25) is 0 Å². The lowest BCUT2D eigenvalue weighted by Gasteiger charge is -2.19. The average Bonchev–Trinajstić information content (AvgIpc) is 2.92. The maximum atomic E-state index is 5.42. The molecular formula is C16H21NOS. The summed E-state index contributed by atoms with van der Waals surface area (Å²) in [5.41, 5.74) is 2.47. The highest BCUT2D eigenvalue weighted by atomic mass is 32.1. The van der Waals surface area contributed by atoms with Crippen LogP contribution < -0.4 is 10.1 Å². The van der Waals surface area contributed by atoms with Crippen LogP contribution in [0.1, 0.15) is 29.0 Å². The lowest BCUT2D eigenvalue weighted by Crippen LogP contribution is -2.22. The van der Waals surface area contributed by atoms with Gasteiger partial charge in [-0.05, 0) is 42.1 Å². The normalized spacial score (nSPS) is 12.4.